The summed E-state index contributed by atoms with van der Waals surface area (Å²) in [5, 5.41) is 0. The molecule has 0 fully saturated rings. The van der Waals surface area contributed by atoms with E-state index in [2.05, 4.69) is 13.6 Å². The molecule has 15 heteroatoms. The van der Waals surface area contributed by atoms with Gasteiger partial charge in [0.15, 0.2) is 0 Å². The largest absolute Gasteiger partial charge is 0.476 e. The first-order valence-electron chi connectivity index (χ1n) is 4.94. The van der Waals surface area contributed by atoms with Crippen LogP contribution in [-0.4, -0.2) is 44.5 Å². The van der Waals surface area contributed by atoms with Crippen LogP contribution in [-0.2, 0) is 18.1 Å². The predicted molar refractivity (Wildman–Crippen MR) is 48.5 cm³/mol. The maximum absolute atomic E-state index is 12.2. The summed E-state index contributed by atoms with van der Waals surface area (Å²) < 4.78 is 142. The van der Waals surface area contributed by atoms with Crippen LogP contribution in [0, 0.1) is 0 Å². The summed E-state index contributed by atoms with van der Waals surface area (Å²) in [6.07, 6.45) is -24.0. The van der Waals surface area contributed by atoms with E-state index in [0.717, 1.165) is 0 Å². The van der Waals surface area contributed by atoms with Crippen molar-refractivity contribution in [3.8, 4) is 0 Å². The van der Waals surface area contributed by atoms with Crippen LogP contribution in [0.2, 0.25) is 0 Å². The quantitative estimate of drug-likeness (QED) is 0.471. The van der Waals surface area contributed by atoms with Crippen molar-refractivity contribution in [3.05, 3.63) is 0 Å². The van der Waals surface area contributed by atoms with Crippen LogP contribution in [0.25, 0.3) is 0 Å². The molecule has 0 N–H and O–H groups in total. The first-order chi connectivity index (χ1) is 9.67. The third-order valence-corrected chi connectivity index (χ3v) is 2.95. The Balaban J connectivity index is 5.26. The van der Waals surface area contributed by atoms with E-state index >= 15 is 0 Å². The Bertz CT molecular complexity index is 350. The Kier molecular flexibility index (Phi) is 7.58. The van der Waals surface area contributed by atoms with E-state index in [9.17, 15) is 48.5 Å². The molecule has 0 saturated carbocycles. The van der Waals surface area contributed by atoms with Gasteiger partial charge in [-0.15, -0.1) is 0 Å². The normalized spacial score (nSPS) is 14.4. The molecular weight excluding hydrogens is 369 g/mol. The number of hydrogen-bond acceptors (Lipinski definition) is 4. The molecule has 0 spiro atoms. The summed E-state index contributed by atoms with van der Waals surface area (Å²) in [4.78, 5) is 0. The minimum Gasteiger partial charge on any atom is -0.281 e. The molecule has 0 aliphatic heterocycles. The zero-order chi connectivity index (χ0) is 17.8. The molecule has 0 rings (SSSR count). The summed E-state index contributed by atoms with van der Waals surface area (Å²) in [7, 11) is -5.98. The Morgan fingerprint density at radius 3 is 1.32 bits per heavy atom. The zero-order valence-electron chi connectivity index (χ0n) is 10.0. The summed E-state index contributed by atoms with van der Waals surface area (Å²) in [5.41, 5.74) is 0. The van der Waals surface area contributed by atoms with Crippen LogP contribution in [0.3, 0.4) is 0 Å². The van der Waals surface area contributed by atoms with Gasteiger partial charge in [-0.3, -0.25) is 13.6 Å². The third kappa shape index (κ3) is 8.15. The van der Waals surface area contributed by atoms with Crippen LogP contribution < -0.4 is 0 Å². The van der Waals surface area contributed by atoms with Crippen molar-refractivity contribution < 1.29 is 62.0 Å². The van der Waals surface area contributed by atoms with Gasteiger partial charge in [0.2, 0.25) is 0 Å². The van der Waals surface area contributed by atoms with Crippen LogP contribution in [0.15, 0.2) is 0 Å². The summed E-state index contributed by atoms with van der Waals surface area (Å²) in [6, 6.07) is 0. The number of halogens is 10. The molecule has 0 aliphatic carbocycles. The first-order valence-corrected chi connectivity index (χ1v) is 6.40. The molecule has 0 unspecified atom stereocenters. The molecular formula is C7H7F10O4P. The van der Waals surface area contributed by atoms with E-state index in [1.807, 2.05) is 0 Å². The molecule has 0 heterocycles. The number of rotatable bonds is 8. The van der Waals surface area contributed by atoms with E-state index < -0.39 is 52.3 Å². The van der Waals surface area contributed by atoms with Crippen LogP contribution in [0.1, 0.15) is 0 Å². The molecule has 0 aliphatic rings. The summed E-state index contributed by atoms with van der Waals surface area (Å²) in [5.74, 6) is 0. The molecule has 0 aromatic heterocycles. The second-order valence-electron chi connectivity index (χ2n) is 3.39. The van der Waals surface area contributed by atoms with Crippen molar-refractivity contribution >= 4 is 7.82 Å². The predicted octanol–water partition coefficient (Wildman–Crippen LogP) is 4.17. The van der Waals surface area contributed by atoms with Crippen molar-refractivity contribution in [1.82, 2.24) is 0 Å². The molecule has 22 heavy (non-hydrogen) atoms. The third-order valence-electron chi connectivity index (χ3n) is 1.55. The molecule has 0 radical (unpaired) electrons. The van der Waals surface area contributed by atoms with Crippen molar-refractivity contribution in [2.45, 2.75) is 31.3 Å². The molecule has 0 bridgehead atoms. The lowest BCUT2D eigenvalue weighted by Gasteiger charge is -2.26. The summed E-state index contributed by atoms with van der Waals surface area (Å²) >= 11 is 0. The maximum atomic E-state index is 12.2. The first kappa shape index (κ1) is 21.4. The zero-order valence-corrected chi connectivity index (χ0v) is 10.9. The van der Waals surface area contributed by atoms with Crippen molar-refractivity contribution in [2.24, 2.45) is 0 Å². The lowest BCUT2D eigenvalue weighted by molar-refractivity contribution is -0.304. The Labute approximate surface area is 115 Å². The minimum absolute atomic E-state index is 1.96. The van der Waals surface area contributed by atoms with Gasteiger partial charge in [-0.2, -0.15) is 26.3 Å². The lowest BCUT2D eigenvalue weighted by Crippen LogP contribution is -2.44. The van der Waals surface area contributed by atoms with Crippen molar-refractivity contribution in [1.29, 1.82) is 0 Å². The van der Waals surface area contributed by atoms with E-state index in [1.165, 1.54) is 0 Å². The van der Waals surface area contributed by atoms with E-state index in [1.54, 1.807) is 0 Å². The lowest BCUT2D eigenvalue weighted by atomic mass is 10.3. The monoisotopic (exact) mass is 376 g/mol. The van der Waals surface area contributed by atoms with Gasteiger partial charge in [0.1, 0.15) is 13.2 Å². The Hall–Kier alpha value is -0.590. The highest BCUT2D eigenvalue weighted by Crippen LogP contribution is 2.55. The fourth-order valence-electron chi connectivity index (χ4n) is 0.828. The highest BCUT2D eigenvalue weighted by Gasteiger charge is 2.61. The molecule has 0 aromatic carbocycles. The van der Waals surface area contributed by atoms with E-state index in [-0.39, 0.29) is 0 Å². The van der Waals surface area contributed by atoms with E-state index in [4.69, 9.17) is 0 Å². The van der Waals surface area contributed by atoms with Gasteiger partial charge >= 0.3 is 20.2 Å². The maximum Gasteiger partial charge on any atom is 0.476 e. The minimum atomic E-state index is -6.17. The SMILES string of the molecule is O=P(OCC(F)F)(OCC(F)F)OC(C(F)(F)F)C(F)(F)F. The molecule has 4 nitrogen and oxygen atoms in total. The fraction of sp³-hybridized carbons (Fsp3) is 1.00. The highest BCUT2D eigenvalue weighted by atomic mass is 31.2. The van der Waals surface area contributed by atoms with Crippen LogP contribution in [0.4, 0.5) is 43.9 Å². The van der Waals surface area contributed by atoms with Gasteiger partial charge in [-0.25, -0.2) is 22.1 Å². The average Bonchev–Trinajstić information content (AvgIpc) is 2.28. The van der Waals surface area contributed by atoms with Gasteiger partial charge in [0.05, 0.1) is 0 Å². The number of hydrogen-bond donors (Lipinski definition) is 0. The Morgan fingerprint density at radius 2 is 1.09 bits per heavy atom. The second-order valence-corrected chi connectivity index (χ2v) is 5.01. The molecule has 0 atom stereocenters. The summed E-state index contributed by atoms with van der Waals surface area (Å²) in [6.45, 7) is -3.91. The highest BCUT2D eigenvalue weighted by molar-refractivity contribution is 7.48. The molecule has 0 saturated heterocycles. The van der Waals surface area contributed by atoms with Crippen molar-refractivity contribution in [2.75, 3.05) is 13.2 Å². The number of phosphoric ester groups is 1. The van der Waals surface area contributed by atoms with Crippen molar-refractivity contribution in [3.63, 3.8) is 0 Å². The second kappa shape index (κ2) is 7.79. The fourth-order valence-corrected chi connectivity index (χ4v) is 2.11. The van der Waals surface area contributed by atoms with E-state index in [0.29, 0.717) is 0 Å². The van der Waals surface area contributed by atoms with Gasteiger partial charge < -0.3 is 0 Å². The average molecular weight is 376 g/mol. The molecule has 0 amide bonds. The standard InChI is InChI=1S/C7H7F10O4P/c8-3(9)1-19-22(18,20-2-4(10)11)21-5(6(12,13)14)7(15,16)17/h3-5H,1-2H2. The van der Waals surface area contributed by atoms with Gasteiger partial charge in [-0.05, 0) is 0 Å². The smallest absolute Gasteiger partial charge is 0.281 e. The van der Waals surface area contributed by atoms with Gasteiger partial charge in [-0.1, -0.05) is 0 Å². The number of alkyl halides is 10. The Morgan fingerprint density at radius 1 is 0.773 bits per heavy atom. The van der Waals surface area contributed by atoms with Gasteiger partial charge in [0, 0.05) is 0 Å². The number of phosphoric acid groups is 1. The van der Waals surface area contributed by atoms with Crippen LogP contribution in [0.5, 0.6) is 0 Å². The molecule has 134 valence electrons. The van der Waals surface area contributed by atoms with Gasteiger partial charge in [0.25, 0.3) is 19.0 Å². The molecule has 0 aromatic rings. The topological polar surface area (TPSA) is 44.8 Å². The van der Waals surface area contributed by atoms with Crippen LogP contribution >= 0.6 is 7.82 Å².